The maximum absolute atomic E-state index is 13.2. The summed E-state index contributed by atoms with van der Waals surface area (Å²) < 4.78 is 32.7. The number of benzene rings is 2. The maximum Gasteiger partial charge on any atom is 0.236 e. The van der Waals surface area contributed by atoms with E-state index in [1.165, 1.54) is 4.31 Å². The molecule has 2 aliphatic heterocycles. The summed E-state index contributed by atoms with van der Waals surface area (Å²) in [5.41, 5.74) is 2.09. The van der Waals surface area contributed by atoms with E-state index in [0.717, 1.165) is 23.2 Å². The first-order chi connectivity index (χ1) is 14.0. The van der Waals surface area contributed by atoms with E-state index in [2.05, 4.69) is 5.32 Å². The molecule has 7 heteroatoms. The molecule has 1 N–H and O–H groups in total. The first-order valence-electron chi connectivity index (χ1n) is 10.0. The maximum atomic E-state index is 13.2. The van der Waals surface area contributed by atoms with Crippen LogP contribution in [-0.4, -0.2) is 46.4 Å². The molecule has 0 radical (unpaired) electrons. The van der Waals surface area contributed by atoms with Crippen LogP contribution in [0.15, 0.2) is 54.6 Å². The number of nitrogens with zero attached hydrogens (tertiary/aromatic N) is 1. The molecule has 2 aromatic rings. The minimum atomic E-state index is -3.49. The zero-order valence-corrected chi connectivity index (χ0v) is 17.2. The monoisotopic (exact) mass is 414 g/mol. The molecule has 6 nitrogen and oxygen atoms in total. The number of fused-ring (bicyclic) bond motifs is 1. The fourth-order valence-corrected chi connectivity index (χ4v) is 5.72. The van der Waals surface area contributed by atoms with E-state index in [0.29, 0.717) is 32.6 Å². The van der Waals surface area contributed by atoms with Crippen molar-refractivity contribution in [3.8, 4) is 0 Å². The number of ether oxygens (including phenoxy) is 1. The summed E-state index contributed by atoms with van der Waals surface area (Å²) in [6.07, 6.45) is 1.91. The van der Waals surface area contributed by atoms with E-state index in [-0.39, 0.29) is 18.2 Å². The molecule has 2 aromatic carbocycles. The van der Waals surface area contributed by atoms with Gasteiger partial charge in [-0.15, -0.1) is 0 Å². The third-order valence-electron chi connectivity index (χ3n) is 5.93. The summed E-state index contributed by atoms with van der Waals surface area (Å²) in [6, 6.07) is 17.3. The number of para-hydroxylation sites is 1. The van der Waals surface area contributed by atoms with E-state index in [1.54, 1.807) is 0 Å². The molecule has 29 heavy (non-hydrogen) atoms. The van der Waals surface area contributed by atoms with E-state index < -0.39 is 15.4 Å². The molecule has 0 atom stereocenters. The van der Waals surface area contributed by atoms with Gasteiger partial charge in [-0.1, -0.05) is 48.5 Å². The first-order valence-corrected chi connectivity index (χ1v) is 11.6. The predicted molar refractivity (Wildman–Crippen MR) is 112 cm³/mol. The van der Waals surface area contributed by atoms with Gasteiger partial charge in [0.1, 0.15) is 0 Å². The number of rotatable bonds is 6. The van der Waals surface area contributed by atoms with Gasteiger partial charge in [0.05, 0.1) is 16.9 Å². The fourth-order valence-electron chi connectivity index (χ4n) is 4.29. The van der Waals surface area contributed by atoms with Crippen molar-refractivity contribution in [3.63, 3.8) is 0 Å². The van der Waals surface area contributed by atoms with Gasteiger partial charge in [-0.3, -0.25) is 9.10 Å². The molecule has 0 aromatic heterocycles. The molecule has 0 spiro atoms. The van der Waals surface area contributed by atoms with Crippen molar-refractivity contribution in [2.45, 2.75) is 24.7 Å². The summed E-state index contributed by atoms with van der Waals surface area (Å²) in [4.78, 5) is 13.2. The summed E-state index contributed by atoms with van der Waals surface area (Å²) >= 11 is 0. The van der Waals surface area contributed by atoms with Gasteiger partial charge in [-0.25, -0.2) is 8.42 Å². The highest BCUT2D eigenvalue weighted by molar-refractivity contribution is 7.92. The largest absolute Gasteiger partial charge is 0.381 e. The number of hydrogen-bond donors (Lipinski definition) is 1. The van der Waals surface area contributed by atoms with Gasteiger partial charge in [-0.2, -0.15) is 0 Å². The van der Waals surface area contributed by atoms with Crippen LogP contribution in [0.2, 0.25) is 0 Å². The molecule has 2 aliphatic rings. The molecule has 0 saturated carbocycles. The molecule has 1 saturated heterocycles. The Morgan fingerprint density at radius 2 is 1.72 bits per heavy atom. The van der Waals surface area contributed by atoms with Crippen LogP contribution in [0.25, 0.3) is 0 Å². The zero-order valence-electron chi connectivity index (χ0n) is 16.3. The van der Waals surface area contributed by atoms with Crippen molar-refractivity contribution in [1.29, 1.82) is 0 Å². The Morgan fingerprint density at radius 1 is 1.03 bits per heavy atom. The summed E-state index contributed by atoms with van der Waals surface area (Å²) in [5, 5.41) is 2.89. The van der Waals surface area contributed by atoms with Crippen molar-refractivity contribution in [2.75, 3.05) is 36.4 Å². The topological polar surface area (TPSA) is 75.7 Å². The average molecular weight is 415 g/mol. The molecule has 154 valence electrons. The Labute approximate surface area is 171 Å². The first kappa shape index (κ1) is 19.9. The standard InChI is InChI=1S/C22H26N2O4S/c25-21(22(11-15-28-16-12-22)19-7-2-1-3-8-19)23-13-17-29(26,27)24-14-10-18-6-4-5-9-20(18)24/h1-9H,10-17H2,(H,23,25). The lowest BCUT2D eigenvalue weighted by atomic mass is 9.73. The second-order valence-electron chi connectivity index (χ2n) is 7.58. The number of carbonyl (C=O) groups is 1. The highest BCUT2D eigenvalue weighted by Crippen LogP contribution is 2.35. The van der Waals surface area contributed by atoms with Gasteiger partial charge in [0.25, 0.3) is 0 Å². The van der Waals surface area contributed by atoms with Crippen LogP contribution in [0.3, 0.4) is 0 Å². The zero-order chi connectivity index (χ0) is 20.3. The minimum Gasteiger partial charge on any atom is -0.381 e. The Kier molecular flexibility index (Phi) is 5.61. The fraction of sp³-hybridized carbons (Fsp3) is 0.409. The van der Waals surface area contributed by atoms with Crippen LogP contribution in [-0.2, 0) is 31.4 Å². The Bertz CT molecular complexity index is 969. The number of amides is 1. The average Bonchev–Trinajstić information content (AvgIpc) is 3.20. The minimum absolute atomic E-state index is 0.0925. The Hall–Kier alpha value is -2.38. The molecule has 0 bridgehead atoms. The molecule has 0 unspecified atom stereocenters. The van der Waals surface area contributed by atoms with E-state index in [4.69, 9.17) is 4.74 Å². The number of sulfonamides is 1. The third kappa shape index (κ3) is 3.89. The lowest BCUT2D eigenvalue weighted by Crippen LogP contribution is -2.49. The second-order valence-corrected chi connectivity index (χ2v) is 9.60. The smallest absolute Gasteiger partial charge is 0.236 e. The van der Waals surface area contributed by atoms with E-state index >= 15 is 0 Å². The van der Waals surface area contributed by atoms with Crippen LogP contribution in [0.5, 0.6) is 0 Å². The lowest BCUT2D eigenvalue weighted by Gasteiger charge is -2.36. The Balaban J connectivity index is 1.44. The van der Waals surface area contributed by atoms with E-state index in [9.17, 15) is 13.2 Å². The number of carbonyl (C=O) groups excluding carboxylic acids is 1. The second kappa shape index (κ2) is 8.16. The summed E-state index contributed by atoms with van der Waals surface area (Å²) in [6.45, 7) is 1.59. The van der Waals surface area contributed by atoms with Crippen molar-refractivity contribution >= 4 is 21.6 Å². The predicted octanol–water partition coefficient (Wildman–Crippen LogP) is 2.24. The quantitative estimate of drug-likeness (QED) is 0.787. The van der Waals surface area contributed by atoms with Crippen LogP contribution < -0.4 is 9.62 Å². The van der Waals surface area contributed by atoms with E-state index in [1.807, 2.05) is 54.6 Å². The SMILES string of the molecule is O=C(NCCS(=O)(=O)N1CCc2ccccc21)C1(c2ccccc2)CCOCC1. The number of hydrogen-bond acceptors (Lipinski definition) is 4. The molecular formula is C22H26N2O4S. The highest BCUT2D eigenvalue weighted by Gasteiger charge is 2.41. The van der Waals surface area contributed by atoms with Crippen LogP contribution in [0.1, 0.15) is 24.0 Å². The highest BCUT2D eigenvalue weighted by atomic mass is 32.2. The van der Waals surface area contributed by atoms with Gasteiger partial charge < -0.3 is 10.1 Å². The lowest BCUT2D eigenvalue weighted by molar-refractivity contribution is -0.130. The van der Waals surface area contributed by atoms with Crippen molar-refractivity contribution in [1.82, 2.24) is 5.32 Å². The molecule has 4 rings (SSSR count). The molecular weight excluding hydrogens is 388 g/mol. The van der Waals surface area contributed by atoms with Crippen molar-refractivity contribution in [2.24, 2.45) is 0 Å². The summed E-state index contributed by atoms with van der Waals surface area (Å²) in [5.74, 6) is -0.238. The van der Waals surface area contributed by atoms with Gasteiger partial charge in [0.15, 0.2) is 0 Å². The number of anilines is 1. The third-order valence-corrected chi connectivity index (χ3v) is 7.70. The van der Waals surface area contributed by atoms with Gasteiger partial charge >= 0.3 is 0 Å². The molecule has 0 aliphatic carbocycles. The normalized spacial score (nSPS) is 18.3. The summed E-state index contributed by atoms with van der Waals surface area (Å²) in [7, 11) is -3.49. The van der Waals surface area contributed by atoms with Crippen LogP contribution in [0.4, 0.5) is 5.69 Å². The van der Waals surface area contributed by atoms with Crippen molar-refractivity contribution < 1.29 is 17.9 Å². The molecule has 1 fully saturated rings. The van der Waals surface area contributed by atoms with Gasteiger partial charge in [-0.05, 0) is 36.5 Å². The van der Waals surface area contributed by atoms with Gasteiger partial charge in [0, 0.05) is 26.3 Å². The van der Waals surface area contributed by atoms with Gasteiger partial charge in [0.2, 0.25) is 15.9 Å². The van der Waals surface area contributed by atoms with Crippen LogP contribution in [0, 0.1) is 0 Å². The Morgan fingerprint density at radius 3 is 2.48 bits per heavy atom. The van der Waals surface area contributed by atoms with Crippen LogP contribution >= 0.6 is 0 Å². The molecule has 2 heterocycles. The number of nitrogens with one attached hydrogen (secondary N) is 1. The van der Waals surface area contributed by atoms with Crippen molar-refractivity contribution in [3.05, 3.63) is 65.7 Å². The molecule has 1 amide bonds.